The SMILES string of the molecule is S=c1[nH]nc(-c2cn3c(ccc4ccccc43)n2)[nH]1. The van der Waals surface area contributed by atoms with Crippen molar-refractivity contribution >= 4 is 28.8 Å². The second kappa shape index (κ2) is 3.76. The van der Waals surface area contributed by atoms with Crippen LogP contribution < -0.4 is 0 Å². The molecule has 0 fully saturated rings. The Bertz CT molecular complexity index is 946. The number of hydrogen-bond donors (Lipinski definition) is 2. The molecule has 0 atom stereocenters. The maximum absolute atomic E-state index is 4.98. The van der Waals surface area contributed by atoms with Gasteiger partial charge in [0.25, 0.3) is 0 Å². The summed E-state index contributed by atoms with van der Waals surface area (Å²) >= 11 is 4.98. The number of H-pyrrole nitrogens is 2. The van der Waals surface area contributed by atoms with Crippen molar-refractivity contribution in [3.8, 4) is 11.5 Å². The zero-order valence-corrected chi connectivity index (χ0v) is 10.6. The van der Waals surface area contributed by atoms with Crippen molar-refractivity contribution in [3.05, 3.63) is 47.4 Å². The van der Waals surface area contributed by atoms with Gasteiger partial charge in [0.15, 0.2) is 10.6 Å². The standard InChI is InChI=1S/C13H9N5S/c19-13-15-12(16-17-13)9-7-18-10-4-2-1-3-8(10)5-6-11(18)14-9/h1-7H,(H2,15,16,17,19). The summed E-state index contributed by atoms with van der Waals surface area (Å²) in [5.74, 6) is 0.651. The Balaban J connectivity index is 2.05. The molecule has 0 aliphatic rings. The Morgan fingerprint density at radius 3 is 2.84 bits per heavy atom. The Labute approximate surface area is 112 Å². The van der Waals surface area contributed by atoms with Crippen molar-refractivity contribution in [2.75, 3.05) is 0 Å². The zero-order chi connectivity index (χ0) is 12.8. The van der Waals surface area contributed by atoms with Gasteiger partial charge in [0.1, 0.15) is 11.3 Å². The number of aromatic nitrogens is 5. The molecule has 0 aliphatic carbocycles. The summed E-state index contributed by atoms with van der Waals surface area (Å²) < 4.78 is 2.55. The molecule has 0 unspecified atom stereocenters. The summed E-state index contributed by atoms with van der Waals surface area (Å²) in [4.78, 5) is 7.52. The number of fused-ring (bicyclic) bond motifs is 3. The van der Waals surface area contributed by atoms with Crippen LogP contribution in [0.4, 0.5) is 0 Å². The molecule has 4 aromatic rings. The lowest BCUT2D eigenvalue weighted by molar-refractivity contribution is 1.08. The zero-order valence-electron chi connectivity index (χ0n) is 9.79. The number of nitrogens with zero attached hydrogens (tertiary/aromatic N) is 3. The number of hydrogen-bond acceptors (Lipinski definition) is 3. The second-order valence-electron chi connectivity index (χ2n) is 4.27. The van der Waals surface area contributed by atoms with E-state index in [4.69, 9.17) is 12.2 Å². The first kappa shape index (κ1) is 10.5. The fourth-order valence-corrected chi connectivity index (χ4v) is 2.37. The Hall–Kier alpha value is -2.47. The molecule has 2 N–H and O–H groups in total. The molecule has 3 heterocycles. The topological polar surface area (TPSA) is 61.8 Å². The van der Waals surface area contributed by atoms with Gasteiger partial charge < -0.3 is 4.98 Å². The summed E-state index contributed by atoms with van der Waals surface area (Å²) in [5.41, 5.74) is 2.77. The highest BCUT2D eigenvalue weighted by atomic mass is 32.1. The van der Waals surface area contributed by atoms with Gasteiger partial charge in [0, 0.05) is 6.20 Å². The summed E-state index contributed by atoms with van der Waals surface area (Å²) in [6.07, 6.45) is 1.96. The molecule has 0 saturated carbocycles. The molecule has 4 rings (SSSR count). The van der Waals surface area contributed by atoms with Crippen LogP contribution in [0.3, 0.4) is 0 Å². The summed E-state index contributed by atoms with van der Waals surface area (Å²) in [6.45, 7) is 0. The molecule has 1 aromatic carbocycles. The number of imidazole rings is 1. The third-order valence-electron chi connectivity index (χ3n) is 3.09. The fourth-order valence-electron chi connectivity index (χ4n) is 2.22. The molecule has 0 spiro atoms. The molecule has 0 amide bonds. The molecule has 19 heavy (non-hydrogen) atoms. The smallest absolute Gasteiger partial charge is 0.192 e. The molecular weight excluding hydrogens is 258 g/mol. The van der Waals surface area contributed by atoms with Crippen LogP contribution in [0.25, 0.3) is 28.1 Å². The number of rotatable bonds is 1. The van der Waals surface area contributed by atoms with Crippen LogP contribution in [-0.4, -0.2) is 24.6 Å². The first-order valence-electron chi connectivity index (χ1n) is 5.83. The molecule has 0 bridgehead atoms. The van der Waals surface area contributed by atoms with Crippen molar-refractivity contribution < 1.29 is 0 Å². The number of nitrogens with one attached hydrogen (secondary N) is 2. The first-order chi connectivity index (χ1) is 9.31. The third-order valence-corrected chi connectivity index (χ3v) is 3.28. The second-order valence-corrected chi connectivity index (χ2v) is 4.68. The molecular formula is C13H9N5S. The maximum Gasteiger partial charge on any atom is 0.192 e. The maximum atomic E-state index is 4.98. The van der Waals surface area contributed by atoms with E-state index in [0.29, 0.717) is 10.6 Å². The normalized spacial score (nSPS) is 11.4. The van der Waals surface area contributed by atoms with Crippen molar-refractivity contribution in [1.29, 1.82) is 0 Å². The molecule has 0 aliphatic heterocycles. The van der Waals surface area contributed by atoms with Crippen molar-refractivity contribution in [2.45, 2.75) is 0 Å². The van der Waals surface area contributed by atoms with Crippen LogP contribution >= 0.6 is 12.2 Å². The van der Waals surface area contributed by atoms with Crippen LogP contribution in [-0.2, 0) is 0 Å². The molecule has 6 heteroatoms. The lowest BCUT2D eigenvalue weighted by Crippen LogP contribution is -1.85. The summed E-state index contributed by atoms with van der Waals surface area (Å²) in [7, 11) is 0. The van der Waals surface area contributed by atoms with Gasteiger partial charge in [-0.1, -0.05) is 18.2 Å². The average molecular weight is 267 g/mol. The Kier molecular flexibility index (Phi) is 2.07. The summed E-state index contributed by atoms with van der Waals surface area (Å²) in [5, 5.41) is 7.98. The van der Waals surface area contributed by atoms with Gasteiger partial charge in [-0.15, -0.1) is 0 Å². The van der Waals surface area contributed by atoms with Gasteiger partial charge in [-0.05, 0) is 35.8 Å². The van der Waals surface area contributed by atoms with E-state index >= 15 is 0 Å². The minimum absolute atomic E-state index is 0.497. The Morgan fingerprint density at radius 1 is 1.11 bits per heavy atom. The lowest BCUT2D eigenvalue weighted by atomic mass is 10.2. The molecule has 92 valence electrons. The Morgan fingerprint density at radius 2 is 2.00 bits per heavy atom. The van der Waals surface area contributed by atoms with Gasteiger partial charge in [0.05, 0.1) is 5.52 Å². The van der Waals surface area contributed by atoms with E-state index < -0.39 is 0 Å². The third kappa shape index (κ3) is 1.57. The lowest BCUT2D eigenvalue weighted by Gasteiger charge is -1.99. The highest BCUT2D eigenvalue weighted by Crippen LogP contribution is 2.20. The monoisotopic (exact) mass is 267 g/mol. The predicted molar refractivity (Wildman–Crippen MR) is 75.5 cm³/mol. The fraction of sp³-hybridized carbons (Fsp3) is 0. The van der Waals surface area contributed by atoms with Gasteiger partial charge >= 0.3 is 0 Å². The van der Waals surface area contributed by atoms with Crippen LogP contribution in [0.1, 0.15) is 0 Å². The molecule has 5 nitrogen and oxygen atoms in total. The minimum Gasteiger partial charge on any atom is -0.313 e. The van der Waals surface area contributed by atoms with E-state index in [9.17, 15) is 0 Å². The summed E-state index contributed by atoms with van der Waals surface area (Å²) in [6, 6.07) is 12.2. The van der Waals surface area contributed by atoms with E-state index in [1.807, 2.05) is 24.4 Å². The molecule has 0 saturated heterocycles. The first-order valence-corrected chi connectivity index (χ1v) is 6.24. The van der Waals surface area contributed by atoms with Crippen molar-refractivity contribution in [1.82, 2.24) is 24.6 Å². The van der Waals surface area contributed by atoms with Crippen LogP contribution in [0.5, 0.6) is 0 Å². The number of benzene rings is 1. The van der Waals surface area contributed by atoms with E-state index in [-0.39, 0.29) is 0 Å². The van der Waals surface area contributed by atoms with Gasteiger partial charge in [-0.25, -0.2) is 4.98 Å². The van der Waals surface area contributed by atoms with Gasteiger partial charge in [-0.3, -0.25) is 9.50 Å². The number of aromatic amines is 2. The van der Waals surface area contributed by atoms with Gasteiger partial charge in [-0.2, -0.15) is 5.10 Å². The molecule has 3 aromatic heterocycles. The van der Waals surface area contributed by atoms with Crippen molar-refractivity contribution in [2.24, 2.45) is 0 Å². The quantitative estimate of drug-likeness (QED) is 0.521. The molecule has 0 radical (unpaired) electrons. The van der Waals surface area contributed by atoms with E-state index in [1.54, 1.807) is 0 Å². The largest absolute Gasteiger partial charge is 0.313 e. The van der Waals surface area contributed by atoms with E-state index in [1.165, 1.54) is 5.39 Å². The van der Waals surface area contributed by atoms with Gasteiger partial charge in [0.2, 0.25) is 0 Å². The van der Waals surface area contributed by atoms with Crippen LogP contribution in [0.2, 0.25) is 0 Å². The van der Waals surface area contributed by atoms with E-state index in [0.717, 1.165) is 16.9 Å². The highest BCUT2D eigenvalue weighted by Gasteiger charge is 2.08. The average Bonchev–Trinajstić information content (AvgIpc) is 3.04. The van der Waals surface area contributed by atoms with Crippen molar-refractivity contribution in [3.63, 3.8) is 0 Å². The number of para-hydroxylation sites is 1. The van der Waals surface area contributed by atoms with Crippen LogP contribution in [0, 0.1) is 4.77 Å². The minimum atomic E-state index is 0.497. The van der Waals surface area contributed by atoms with Crippen LogP contribution in [0.15, 0.2) is 42.6 Å². The highest BCUT2D eigenvalue weighted by molar-refractivity contribution is 7.71. The number of pyridine rings is 1. The van der Waals surface area contributed by atoms with E-state index in [2.05, 4.69) is 42.8 Å². The predicted octanol–water partition coefficient (Wildman–Crippen LogP) is 2.94.